The summed E-state index contributed by atoms with van der Waals surface area (Å²) in [5.41, 5.74) is 1.07. The maximum Gasteiger partial charge on any atom is 0.310 e. The summed E-state index contributed by atoms with van der Waals surface area (Å²) in [5, 5.41) is 2.66. The van der Waals surface area contributed by atoms with E-state index in [2.05, 4.69) is 5.32 Å². The third-order valence-electron chi connectivity index (χ3n) is 4.51. The van der Waals surface area contributed by atoms with Gasteiger partial charge in [0, 0.05) is 19.8 Å². The maximum atomic E-state index is 12.4. The van der Waals surface area contributed by atoms with Crippen molar-refractivity contribution in [2.45, 2.75) is 44.1 Å². The number of sulfonamides is 1. The first-order valence-corrected chi connectivity index (χ1v) is 10.3. The first kappa shape index (κ1) is 21.1. The summed E-state index contributed by atoms with van der Waals surface area (Å²) in [5.74, 6) is -1.11. The molecule has 0 aliphatic heterocycles. The van der Waals surface area contributed by atoms with Crippen molar-refractivity contribution in [3.63, 3.8) is 0 Å². The van der Waals surface area contributed by atoms with Crippen LogP contribution in [-0.4, -0.2) is 44.8 Å². The Morgan fingerprint density at radius 1 is 1.26 bits per heavy atom. The molecular formula is C19H26N2O5S. The Bertz CT molecular complexity index is 846. The number of nitrogens with one attached hydrogen (secondary N) is 1. The lowest BCUT2D eigenvalue weighted by molar-refractivity contribution is -0.157. The van der Waals surface area contributed by atoms with E-state index < -0.39 is 22.0 Å². The van der Waals surface area contributed by atoms with Gasteiger partial charge in [-0.15, -0.1) is 0 Å². The minimum atomic E-state index is -3.62. The molecule has 1 aromatic rings. The van der Waals surface area contributed by atoms with Crippen molar-refractivity contribution >= 4 is 27.6 Å². The summed E-state index contributed by atoms with van der Waals surface area (Å²) >= 11 is 0. The molecule has 0 aromatic heterocycles. The number of allylic oxidation sites excluding steroid dienone is 2. The standard InChI is InChI=1S/C19H26N2O5S/c1-13-10-11-16(27(24,25)21(3)4)12-17(13)20-18(22)14(2)26-19(23)15-8-6-5-7-9-15/h5-6,10-12,14-15H,7-9H2,1-4H3,(H,20,22)/t14-,15+/m0/s1. The van der Waals surface area contributed by atoms with Crippen LogP contribution in [0, 0.1) is 12.8 Å². The van der Waals surface area contributed by atoms with Gasteiger partial charge >= 0.3 is 5.97 Å². The fraction of sp³-hybridized carbons (Fsp3) is 0.474. The molecule has 1 aliphatic carbocycles. The highest BCUT2D eigenvalue weighted by molar-refractivity contribution is 7.89. The second-order valence-corrected chi connectivity index (χ2v) is 8.97. The van der Waals surface area contributed by atoms with Gasteiger partial charge in [-0.3, -0.25) is 9.59 Å². The van der Waals surface area contributed by atoms with E-state index in [9.17, 15) is 18.0 Å². The summed E-state index contributed by atoms with van der Waals surface area (Å²) in [4.78, 5) is 24.7. The van der Waals surface area contributed by atoms with Crippen LogP contribution in [0.5, 0.6) is 0 Å². The summed E-state index contributed by atoms with van der Waals surface area (Å²) < 4.78 is 30.9. The van der Waals surface area contributed by atoms with E-state index in [1.807, 2.05) is 12.2 Å². The van der Waals surface area contributed by atoms with Crippen LogP contribution in [-0.2, 0) is 24.3 Å². The molecule has 1 N–H and O–H groups in total. The summed E-state index contributed by atoms with van der Waals surface area (Å²) in [6, 6.07) is 4.51. The molecule has 0 saturated carbocycles. The Hall–Kier alpha value is -2.19. The van der Waals surface area contributed by atoms with Crippen LogP contribution in [0.15, 0.2) is 35.2 Å². The number of hydrogen-bond donors (Lipinski definition) is 1. The van der Waals surface area contributed by atoms with Gasteiger partial charge in [0.2, 0.25) is 10.0 Å². The number of hydrogen-bond acceptors (Lipinski definition) is 5. The minimum Gasteiger partial charge on any atom is -0.452 e. The molecule has 1 aromatic carbocycles. The Labute approximate surface area is 160 Å². The highest BCUT2D eigenvalue weighted by Gasteiger charge is 2.26. The SMILES string of the molecule is Cc1ccc(S(=O)(=O)N(C)C)cc1NC(=O)[C@H](C)OC(=O)[C@@H]1CC=CCC1. The lowest BCUT2D eigenvalue weighted by Gasteiger charge is -2.20. The van der Waals surface area contributed by atoms with Gasteiger partial charge in [-0.2, -0.15) is 0 Å². The number of anilines is 1. The topological polar surface area (TPSA) is 92.8 Å². The summed E-state index contributed by atoms with van der Waals surface area (Å²) in [6.07, 6.45) is 5.16. The first-order valence-electron chi connectivity index (χ1n) is 8.82. The lowest BCUT2D eigenvalue weighted by Crippen LogP contribution is -2.32. The smallest absolute Gasteiger partial charge is 0.310 e. The number of ether oxygens (including phenoxy) is 1. The molecule has 0 radical (unpaired) electrons. The molecule has 7 nitrogen and oxygen atoms in total. The van der Waals surface area contributed by atoms with Gasteiger partial charge in [-0.25, -0.2) is 12.7 Å². The van der Waals surface area contributed by atoms with Gasteiger partial charge in [-0.1, -0.05) is 18.2 Å². The zero-order valence-corrected chi connectivity index (χ0v) is 16.9. The van der Waals surface area contributed by atoms with Crippen LogP contribution in [0.2, 0.25) is 0 Å². The molecule has 2 rings (SSSR count). The van der Waals surface area contributed by atoms with Gasteiger partial charge in [0.1, 0.15) is 0 Å². The van der Waals surface area contributed by atoms with Crippen LogP contribution in [0.3, 0.4) is 0 Å². The van der Waals surface area contributed by atoms with Crippen molar-refractivity contribution < 1.29 is 22.7 Å². The van der Waals surface area contributed by atoms with Gasteiger partial charge < -0.3 is 10.1 Å². The van der Waals surface area contributed by atoms with Crippen molar-refractivity contribution in [3.8, 4) is 0 Å². The number of carbonyl (C=O) groups is 2. The van der Waals surface area contributed by atoms with Crippen molar-refractivity contribution in [2.75, 3.05) is 19.4 Å². The van der Waals surface area contributed by atoms with E-state index in [0.29, 0.717) is 24.1 Å². The number of rotatable bonds is 6. The molecule has 0 unspecified atom stereocenters. The average Bonchev–Trinajstić information content (AvgIpc) is 2.63. The Morgan fingerprint density at radius 2 is 1.96 bits per heavy atom. The normalized spacial score (nSPS) is 18.2. The third kappa shape index (κ3) is 5.17. The largest absolute Gasteiger partial charge is 0.452 e. The molecule has 0 heterocycles. The lowest BCUT2D eigenvalue weighted by atomic mass is 9.95. The predicted octanol–water partition coefficient (Wildman–Crippen LogP) is 2.47. The number of amides is 1. The Balaban J connectivity index is 2.08. The van der Waals surface area contributed by atoms with Crippen LogP contribution >= 0.6 is 0 Å². The monoisotopic (exact) mass is 394 g/mol. The van der Waals surface area contributed by atoms with E-state index in [1.54, 1.807) is 13.0 Å². The number of benzene rings is 1. The van der Waals surface area contributed by atoms with E-state index in [0.717, 1.165) is 10.7 Å². The van der Waals surface area contributed by atoms with Crippen molar-refractivity contribution in [2.24, 2.45) is 5.92 Å². The van der Waals surface area contributed by atoms with E-state index in [-0.39, 0.29) is 16.8 Å². The van der Waals surface area contributed by atoms with E-state index >= 15 is 0 Å². The molecular weight excluding hydrogens is 368 g/mol. The summed E-state index contributed by atoms with van der Waals surface area (Å²) in [6.45, 7) is 3.26. The fourth-order valence-corrected chi connectivity index (χ4v) is 3.60. The number of carbonyl (C=O) groups excluding carboxylic acids is 2. The highest BCUT2D eigenvalue weighted by Crippen LogP contribution is 2.23. The van der Waals surface area contributed by atoms with Crippen LogP contribution in [0.4, 0.5) is 5.69 Å². The zero-order chi connectivity index (χ0) is 20.2. The molecule has 1 aliphatic rings. The first-order chi connectivity index (χ1) is 12.6. The summed E-state index contributed by atoms with van der Waals surface area (Å²) in [7, 11) is -0.736. The number of esters is 1. The zero-order valence-electron chi connectivity index (χ0n) is 16.1. The quantitative estimate of drug-likeness (QED) is 0.591. The molecule has 0 bridgehead atoms. The Morgan fingerprint density at radius 3 is 2.56 bits per heavy atom. The van der Waals surface area contributed by atoms with Gasteiger partial charge in [0.25, 0.3) is 5.91 Å². The maximum absolute atomic E-state index is 12.4. The van der Waals surface area contributed by atoms with Crippen LogP contribution in [0.1, 0.15) is 31.7 Å². The van der Waals surface area contributed by atoms with Crippen molar-refractivity contribution in [1.29, 1.82) is 0 Å². The second-order valence-electron chi connectivity index (χ2n) is 6.81. The molecule has 1 amide bonds. The second kappa shape index (κ2) is 8.67. The van der Waals surface area contributed by atoms with E-state index in [4.69, 9.17) is 4.74 Å². The number of nitrogens with zero attached hydrogens (tertiary/aromatic N) is 1. The van der Waals surface area contributed by atoms with Crippen LogP contribution < -0.4 is 5.32 Å². The molecule has 8 heteroatoms. The predicted molar refractivity (Wildman–Crippen MR) is 103 cm³/mol. The molecule has 148 valence electrons. The Kier molecular flexibility index (Phi) is 6.78. The molecule has 0 saturated heterocycles. The van der Waals surface area contributed by atoms with Crippen LogP contribution in [0.25, 0.3) is 0 Å². The number of aryl methyl sites for hydroxylation is 1. The van der Waals surface area contributed by atoms with Crippen molar-refractivity contribution in [1.82, 2.24) is 4.31 Å². The fourth-order valence-electron chi connectivity index (χ4n) is 2.67. The minimum absolute atomic E-state index is 0.0760. The van der Waals surface area contributed by atoms with Crippen molar-refractivity contribution in [3.05, 3.63) is 35.9 Å². The van der Waals surface area contributed by atoms with Gasteiger partial charge in [0.05, 0.1) is 10.8 Å². The average molecular weight is 394 g/mol. The van der Waals surface area contributed by atoms with Gasteiger partial charge in [-0.05, 0) is 50.8 Å². The molecule has 2 atom stereocenters. The van der Waals surface area contributed by atoms with Gasteiger partial charge in [0.15, 0.2) is 6.10 Å². The molecule has 0 spiro atoms. The third-order valence-corrected chi connectivity index (χ3v) is 6.32. The highest BCUT2D eigenvalue weighted by atomic mass is 32.2. The molecule has 0 fully saturated rings. The molecule has 27 heavy (non-hydrogen) atoms. The van der Waals surface area contributed by atoms with E-state index in [1.165, 1.54) is 33.2 Å².